The number of carboxylic acids is 1. The van der Waals surface area contributed by atoms with E-state index in [1.807, 2.05) is 0 Å². The van der Waals surface area contributed by atoms with E-state index in [1.54, 1.807) is 0 Å². The lowest BCUT2D eigenvalue weighted by Gasteiger charge is -2.11. The second-order valence-electron chi connectivity index (χ2n) is 3.95. The summed E-state index contributed by atoms with van der Waals surface area (Å²) in [6.07, 6.45) is 0. The van der Waals surface area contributed by atoms with Crippen molar-refractivity contribution in [2.45, 2.75) is 0 Å². The quantitative estimate of drug-likeness (QED) is 0.935. The lowest BCUT2D eigenvalue weighted by atomic mass is 10.0. The molecule has 0 unspecified atom stereocenters. The second kappa shape index (κ2) is 5.88. The summed E-state index contributed by atoms with van der Waals surface area (Å²) in [5, 5.41) is 8.93. The SMILES string of the molecule is O=C(O)COc1ccc(Cl)cc1-c1ccc(F)cc1F. The van der Waals surface area contributed by atoms with E-state index in [9.17, 15) is 13.6 Å². The molecule has 0 aliphatic rings. The van der Waals surface area contributed by atoms with E-state index in [0.29, 0.717) is 5.02 Å². The van der Waals surface area contributed by atoms with Crippen molar-refractivity contribution in [1.82, 2.24) is 0 Å². The van der Waals surface area contributed by atoms with Gasteiger partial charge in [0.1, 0.15) is 17.4 Å². The molecule has 0 aliphatic carbocycles. The molecular formula is C14H9ClF2O3. The third-order valence-electron chi connectivity index (χ3n) is 2.51. The van der Waals surface area contributed by atoms with Crippen LogP contribution in [-0.2, 0) is 4.79 Å². The van der Waals surface area contributed by atoms with Crippen LogP contribution in [0, 0.1) is 11.6 Å². The number of hydrogen-bond acceptors (Lipinski definition) is 2. The molecule has 0 fully saturated rings. The Balaban J connectivity index is 2.48. The standard InChI is InChI=1S/C14H9ClF2O3/c15-8-1-4-13(20-7-14(18)19)11(5-8)10-3-2-9(16)6-12(10)17/h1-6H,7H2,(H,18,19). The van der Waals surface area contributed by atoms with Gasteiger partial charge in [-0.2, -0.15) is 0 Å². The zero-order valence-electron chi connectivity index (χ0n) is 10.1. The molecular weight excluding hydrogens is 290 g/mol. The van der Waals surface area contributed by atoms with Crippen molar-refractivity contribution in [2.75, 3.05) is 6.61 Å². The highest BCUT2D eigenvalue weighted by Gasteiger charge is 2.13. The maximum atomic E-state index is 13.8. The largest absolute Gasteiger partial charge is 0.481 e. The fourth-order valence-electron chi connectivity index (χ4n) is 1.69. The number of aliphatic carboxylic acids is 1. The van der Waals surface area contributed by atoms with Crippen LogP contribution in [0.2, 0.25) is 5.02 Å². The molecule has 0 atom stereocenters. The monoisotopic (exact) mass is 298 g/mol. The predicted octanol–water partition coefficient (Wildman–Crippen LogP) is 3.75. The number of benzene rings is 2. The predicted molar refractivity (Wildman–Crippen MR) is 69.9 cm³/mol. The zero-order valence-corrected chi connectivity index (χ0v) is 10.8. The van der Waals surface area contributed by atoms with Gasteiger partial charge < -0.3 is 9.84 Å². The first-order valence-electron chi connectivity index (χ1n) is 5.57. The van der Waals surface area contributed by atoms with Gasteiger partial charge in [-0.05, 0) is 30.3 Å². The van der Waals surface area contributed by atoms with E-state index < -0.39 is 24.2 Å². The van der Waals surface area contributed by atoms with Crippen LogP contribution in [0.4, 0.5) is 8.78 Å². The van der Waals surface area contributed by atoms with Crippen molar-refractivity contribution < 1.29 is 23.4 Å². The minimum absolute atomic E-state index is 0.0780. The fraction of sp³-hybridized carbons (Fsp3) is 0.0714. The Morgan fingerprint density at radius 3 is 2.55 bits per heavy atom. The third kappa shape index (κ3) is 3.24. The molecule has 2 rings (SSSR count). The summed E-state index contributed by atoms with van der Waals surface area (Å²) in [7, 11) is 0. The Bertz CT molecular complexity index is 659. The third-order valence-corrected chi connectivity index (χ3v) is 2.75. The van der Waals surface area contributed by atoms with Gasteiger partial charge in [-0.15, -0.1) is 0 Å². The molecule has 2 aromatic rings. The number of halogens is 3. The highest BCUT2D eigenvalue weighted by molar-refractivity contribution is 6.31. The van der Waals surface area contributed by atoms with E-state index in [-0.39, 0.29) is 16.9 Å². The smallest absolute Gasteiger partial charge is 0.341 e. The number of ether oxygens (including phenoxy) is 1. The van der Waals surface area contributed by atoms with E-state index >= 15 is 0 Å². The lowest BCUT2D eigenvalue weighted by Crippen LogP contribution is -2.10. The normalized spacial score (nSPS) is 10.3. The van der Waals surface area contributed by atoms with Gasteiger partial charge in [0.05, 0.1) is 0 Å². The van der Waals surface area contributed by atoms with Gasteiger partial charge >= 0.3 is 5.97 Å². The summed E-state index contributed by atoms with van der Waals surface area (Å²) in [6.45, 7) is -0.572. The van der Waals surface area contributed by atoms with Crippen LogP contribution in [0.25, 0.3) is 11.1 Å². The Morgan fingerprint density at radius 2 is 1.90 bits per heavy atom. The van der Waals surface area contributed by atoms with E-state index in [4.69, 9.17) is 21.4 Å². The molecule has 0 bridgehead atoms. The van der Waals surface area contributed by atoms with Gasteiger partial charge in [0.15, 0.2) is 6.61 Å². The fourth-order valence-corrected chi connectivity index (χ4v) is 1.86. The molecule has 1 N–H and O–H groups in total. The molecule has 0 aromatic heterocycles. The molecule has 0 heterocycles. The Kier molecular flexibility index (Phi) is 4.20. The number of rotatable bonds is 4. The van der Waals surface area contributed by atoms with E-state index in [0.717, 1.165) is 12.1 Å². The Labute approximate surface area is 118 Å². The van der Waals surface area contributed by atoms with Gasteiger partial charge in [-0.25, -0.2) is 13.6 Å². The first-order valence-corrected chi connectivity index (χ1v) is 5.95. The molecule has 20 heavy (non-hydrogen) atoms. The summed E-state index contributed by atoms with van der Waals surface area (Å²) in [5.41, 5.74) is 0.338. The minimum atomic E-state index is -1.16. The highest BCUT2D eigenvalue weighted by atomic mass is 35.5. The van der Waals surface area contributed by atoms with Crippen LogP contribution < -0.4 is 4.74 Å². The van der Waals surface area contributed by atoms with Crippen LogP contribution in [-0.4, -0.2) is 17.7 Å². The number of carbonyl (C=O) groups is 1. The van der Waals surface area contributed by atoms with Crippen LogP contribution in [0.3, 0.4) is 0 Å². The summed E-state index contributed by atoms with van der Waals surface area (Å²) in [6, 6.07) is 7.42. The van der Waals surface area contributed by atoms with Gasteiger partial charge in [-0.3, -0.25) is 0 Å². The van der Waals surface area contributed by atoms with Crippen LogP contribution in [0.5, 0.6) is 5.75 Å². The van der Waals surface area contributed by atoms with Crippen molar-refractivity contribution >= 4 is 17.6 Å². The maximum Gasteiger partial charge on any atom is 0.341 e. The highest BCUT2D eigenvalue weighted by Crippen LogP contribution is 2.34. The molecule has 3 nitrogen and oxygen atoms in total. The summed E-state index contributed by atoms with van der Waals surface area (Å²) >= 11 is 5.84. The summed E-state index contributed by atoms with van der Waals surface area (Å²) < 4.78 is 31.8. The molecule has 0 amide bonds. The van der Waals surface area contributed by atoms with Gasteiger partial charge in [0.25, 0.3) is 0 Å². The summed E-state index contributed by atoms with van der Waals surface area (Å²) in [4.78, 5) is 10.5. The molecule has 0 saturated carbocycles. The van der Waals surface area contributed by atoms with Crippen molar-refractivity contribution in [1.29, 1.82) is 0 Å². The maximum absolute atomic E-state index is 13.8. The lowest BCUT2D eigenvalue weighted by molar-refractivity contribution is -0.139. The molecule has 6 heteroatoms. The average Bonchev–Trinajstić information content (AvgIpc) is 2.37. The minimum Gasteiger partial charge on any atom is -0.481 e. The summed E-state index contributed by atoms with van der Waals surface area (Å²) in [5.74, 6) is -2.50. The van der Waals surface area contributed by atoms with Crippen LogP contribution in [0.1, 0.15) is 0 Å². The molecule has 0 spiro atoms. The first-order chi connectivity index (χ1) is 9.47. The first kappa shape index (κ1) is 14.3. The Morgan fingerprint density at radius 1 is 1.15 bits per heavy atom. The van der Waals surface area contributed by atoms with Crippen molar-refractivity contribution in [3.05, 3.63) is 53.1 Å². The average molecular weight is 299 g/mol. The molecule has 0 radical (unpaired) electrons. The zero-order chi connectivity index (χ0) is 14.7. The van der Waals surface area contributed by atoms with E-state index in [2.05, 4.69) is 0 Å². The van der Waals surface area contributed by atoms with Crippen molar-refractivity contribution in [3.8, 4) is 16.9 Å². The molecule has 104 valence electrons. The molecule has 2 aromatic carbocycles. The second-order valence-corrected chi connectivity index (χ2v) is 4.38. The number of carboxylic acid groups (broad SMARTS) is 1. The Hall–Kier alpha value is -2.14. The topological polar surface area (TPSA) is 46.5 Å². The van der Waals surface area contributed by atoms with Crippen LogP contribution >= 0.6 is 11.6 Å². The van der Waals surface area contributed by atoms with Gasteiger partial charge in [-0.1, -0.05) is 11.6 Å². The van der Waals surface area contributed by atoms with E-state index in [1.165, 1.54) is 24.3 Å². The van der Waals surface area contributed by atoms with Crippen molar-refractivity contribution in [2.24, 2.45) is 0 Å². The number of hydrogen-bond donors (Lipinski definition) is 1. The van der Waals surface area contributed by atoms with Gasteiger partial charge in [0.2, 0.25) is 0 Å². The van der Waals surface area contributed by atoms with Crippen molar-refractivity contribution in [3.63, 3.8) is 0 Å². The molecule has 0 aliphatic heterocycles. The van der Waals surface area contributed by atoms with Gasteiger partial charge in [0, 0.05) is 22.2 Å². The molecule has 0 saturated heterocycles. The van der Waals surface area contributed by atoms with Crippen LogP contribution in [0.15, 0.2) is 36.4 Å².